The van der Waals surface area contributed by atoms with Crippen molar-refractivity contribution in [3.63, 3.8) is 0 Å². The summed E-state index contributed by atoms with van der Waals surface area (Å²) in [6.07, 6.45) is 0. The fourth-order valence-corrected chi connectivity index (χ4v) is 3.48. The first-order valence-electron chi connectivity index (χ1n) is 8.60. The van der Waals surface area contributed by atoms with Gasteiger partial charge in [0.2, 0.25) is 11.8 Å². The van der Waals surface area contributed by atoms with E-state index in [4.69, 9.17) is 5.73 Å². The minimum absolute atomic E-state index is 0.115. The first kappa shape index (κ1) is 20.0. The molecule has 7 heteroatoms. The monoisotopic (exact) mass is 374 g/mol. The topological polar surface area (TPSA) is 90.0 Å². The molecule has 3 N–H and O–H groups in total. The average molecular weight is 375 g/mol. The summed E-state index contributed by atoms with van der Waals surface area (Å²) in [6.45, 7) is 11.1. The van der Waals surface area contributed by atoms with Gasteiger partial charge in [0, 0.05) is 23.5 Å². The van der Waals surface area contributed by atoms with Crippen molar-refractivity contribution in [1.29, 1.82) is 0 Å². The normalized spacial score (nSPS) is 12.2. The van der Waals surface area contributed by atoms with Gasteiger partial charge in [-0.1, -0.05) is 25.6 Å². The Morgan fingerprint density at radius 2 is 1.81 bits per heavy atom. The molecule has 0 fully saturated rings. The van der Waals surface area contributed by atoms with E-state index in [0.717, 1.165) is 23.1 Å². The van der Waals surface area contributed by atoms with Crippen LogP contribution in [-0.4, -0.2) is 26.6 Å². The predicted octanol–water partition coefficient (Wildman–Crippen LogP) is 3.37. The third-order valence-corrected chi connectivity index (χ3v) is 5.15. The molecular formula is C19H26N4O2S. The van der Waals surface area contributed by atoms with Crippen LogP contribution in [0, 0.1) is 19.8 Å². The quantitative estimate of drug-likeness (QED) is 0.727. The van der Waals surface area contributed by atoms with E-state index >= 15 is 0 Å². The molecule has 2 amide bonds. The minimum Gasteiger partial charge on any atom is -0.366 e. The fraction of sp³-hybridized carbons (Fsp3) is 0.421. The maximum absolute atomic E-state index is 12.5. The Morgan fingerprint density at radius 1 is 1.19 bits per heavy atom. The van der Waals surface area contributed by atoms with E-state index in [1.807, 2.05) is 13.8 Å². The van der Waals surface area contributed by atoms with Crippen LogP contribution in [0.5, 0.6) is 0 Å². The van der Waals surface area contributed by atoms with Crippen LogP contribution in [0.25, 0.3) is 0 Å². The number of primary amides is 1. The van der Waals surface area contributed by atoms with E-state index in [1.54, 1.807) is 24.3 Å². The van der Waals surface area contributed by atoms with Crippen molar-refractivity contribution in [1.82, 2.24) is 9.55 Å². The number of rotatable bonds is 7. The molecule has 0 spiro atoms. The second kappa shape index (κ2) is 8.40. The summed E-state index contributed by atoms with van der Waals surface area (Å²) in [5.41, 5.74) is 8.39. The SMILES string of the molecule is Cc1nc(S[C@@H](C)C(=O)Nc2ccc(C(N)=O)cc2)n(CC(C)C)c1C. The van der Waals surface area contributed by atoms with Gasteiger partial charge in [-0.25, -0.2) is 4.98 Å². The number of nitrogens with one attached hydrogen (secondary N) is 1. The Kier molecular flexibility index (Phi) is 6.47. The van der Waals surface area contributed by atoms with E-state index in [1.165, 1.54) is 11.8 Å². The van der Waals surface area contributed by atoms with E-state index in [9.17, 15) is 9.59 Å². The van der Waals surface area contributed by atoms with Gasteiger partial charge < -0.3 is 15.6 Å². The molecule has 0 saturated heterocycles. The molecule has 0 bridgehead atoms. The van der Waals surface area contributed by atoms with Crippen molar-refractivity contribution in [2.75, 3.05) is 5.32 Å². The lowest BCUT2D eigenvalue weighted by atomic mass is 10.2. The number of hydrogen-bond acceptors (Lipinski definition) is 4. The smallest absolute Gasteiger partial charge is 0.248 e. The number of thioether (sulfide) groups is 1. The van der Waals surface area contributed by atoms with Gasteiger partial charge in [0.15, 0.2) is 5.16 Å². The number of carbonyl (C=O) groups excluding carboxylic acids is 2. The van der Waals surface area contributed by atoms with Crippen LogP contribution in [-0.2, 0) is 11.3 Å². The molecule has 0 radical (unpaired) electrons. The largest absolute Gasteiger partial charge is 0.366 e. The van der Waals surface area contributed by atoms with Crippen LogP contribution >= 0.6 is 11.8 Å². The Morgan fingerprint density at radius 3 is 2.35 bits per heavy atom. The van der Waals surface area contributed by atoms with Gasteiger partial charge in [0.25, 0.3) is 0 Å². The minimum atomic E-state index is -0.491. The van der Waals surface area contributed by atoms with Crippen LogP contribution in [0.3, 0.4) is 0 Å². The van der Waals surface area contributed by atoms with Crippen molar-refractivity contribution in [2.45, 2.75) is 51.6 Å². The third kappa shape index (κ3) is 4.88. The van der Waals surface area contributed by atoms with Crippen LogP contribution in [0.4, 0.5) is 5.69 Å². The van der Waals surface area contributed by atoms with Crippen molar-refractivity contribution >= 4 is 29.3 Å². The molecule has 0 aliphatic heterocycles. The number of benzene rings is 1. The van der Waals surface area contributed by atoms with Crippen molar-refractivity contribution in [3.8, 4) is 0 Å². The molecule has 1 atom stereocenters. The molecule has 6 nitrogen and oxygen atoms in total. The number of hydrogen-bond donors (Lipinski definition) is 2. The van der Waals surface area contributed by atoms with Gasteiger partial charge in [-0.05, 0) is 51.0 Å². The molecule has 0 aliphatic carbocycles. The Hall–Kier alpha value is -2.28. The maximum atomic E-state index is 12.5. The summed E-state index contributed by atoms with van der Waals surface area (Å²) in [7, 11) is 0. The van der Waals surface area contributed by atoms with E-state index in [-0.39, 0.29) is 11.2 Å². The zero-order chi connectivity index (χ0) is 19.4. The van der Waals surface area contributed by atoms with E-state index in [0.29, 0.717) is 17.2 Å². The first-order valence-corrected chi connectivity index (χ1v) is 9.48. The molecule has 1 aromatic heterocycles. The van der Waals surface area contributed by atoms with Crippen molar-refractivity contribution in [3.05, 3.63) is 41.2 Å². The molecule has 140 valence electrons. The number of anilines is 1. The molecule has 0 unspecified atom stereocenters. The Balaban J connectivity index is 2.07. The summed E-state index contributed by atoms with van der Waals surface area (Å²) in [4.78, 5) is 28.2. The third-order valence-electron chi connectivity index (χ3n) is 4.06. The maximum Gasteiger partial charge on any atom is 0.248 e. The van der Waals surface area contributed by atoms with Crippen LogP contribution in [0.2, 0.25) is 0 Å². The number of carbonyl (C=O) groups is 2. The summed E-state index contributed by atoms with van der Waals surface area (Å²) in [6, 6.07) is 6.53. The summed E-state index contributed by atoms with van der Waals surface area (Å²) < 4.78 is 2.18. The zero-order valence-electron chi connectivity index (χ0n) is 15.9. The number of amides is 2. The van der Waals surface area contributed by atoms with Gasteiger partial charge in [0.05, 0.1) is 10.9 Å². The average Bonchev–Trinajstić information content (AvgIpc) is 2.82. The zero-order valence-corrected chi connectivity index (χ0v) is 16.7. The van der Waals surface area contributed by atoms with E-state index < -0.39 is 5.91 Å². The molecule has 2 rings (SSSR count). The Labute approximate surface area is 158 Å². The number of aryl methyl sites for hydroxylation is 1. The standard InChI is InChI=1S/C19H26N4O2S/c1-11(2)10-23-13(4)12(3)21-19(23)26-14(5)18(25)22-16-8-6-15(7-9-16)17(20)24/h6-9,11,14H,10H2,1-5H3,(H2,20,24)(H,22,25)/t14-/m0/s1. The number of aromatic nitrogens is 2. The van der Waals surface area contributed by atoms with Crippen LogP contribution in [0.1, 0.15) is 42.5 Å². The second-order valence-electron chi connectivity index (χ2n) is 6.76. The lowest BCUT2D eigenvalue weighted by Gasteiger charge is -2.15. The van der Waals surface area contributed by atoms with Gasteiger partial charge in [-0.3, -0.25) is 9.59 Å². The first-order chi connectivity index (χ1) is 12.2. The van der Waals surface area contributed by atoms with Crippen LogP contribution in [0.15, 0.2) is 29.4 Å². The molecule has 1 aromatic carbocycles. The lowest BCUT2D eigenvalue weighted by molar-refractivity contribution is -0.115. The highest BCUT2D eigenvalue weighted by atomic mass is 32.2. The number of imidazole rings is 1. The second-order valence-corrected chi connectivity index (χ2v) is 8.07. The van der Waals surface area contributed by atoms with E-state index in [2.05, 4.69) is 35.6 Å². The summed E-state index contributed by atoms with van der Waals surface area (Å²) >= 11 is 1.45. The Bertz CT molecular complexity index is 797. The van der Waals surface area contributed by atoms with Crippen LogP contribution < -0.4 is 11.1 Å². The van der Waals surface area contributed by atoms with Gasteiger partial charge in [0.1, 0.15) is 0 Å². The van der Waals surface area contributed by atoms with Crippen molar-refractivity contribution in [2.24, 2.45) is 11.7 Å². The number of nitrogens with zero attached hydrogens (tertiary/aromatic N) is 2. The molecule has 1 heterocycles. The number of nitrogens with two attached hydrogens (primary N) is 1. The molecule has 2 aromatic rings. The fourth-order valence-electron chi connectivity index (χ4n) is 2.47. The highest BCUT2D eigenvalue weighted by molar-refractivity contribution is 8.00. The van der Waals surface area contributed by atoms with Crippen molar-refractivity contribution < 1.29 is 9.59 Å². The molecule has 26 heavy (non-hydrogen) atoms. The summed E-state index contributed by atoms with van der Waals surface area (Å²) in [5, 5.41) is 3.41. The van der Waals surface area contributed by atoms with Gasteiger partial charge >= 0.3 is 0 Å². The van der Waals surface area contributed by atoms with Gasteiger partial charge in [-0.15, -0.1) is 0 Å². The highest BCUT2D eigenvalue weighted by Gasteiger charge is 2.20. The molecular weight excluding hydrogens is 348 g/mol. The molecule has 0 saturated carbocycles. The highest BCUT2D eigenvalue weighted by Crippen LogP contribution is 2.27. The van der Waals surface area contributed by atoms with Gasteiger partial charge in [-0.2, -0.15) is 0 Å². The summed E-state index contributed by atoms with van der Waals surface area (Å²) in [5.74, 6) is -0.111. The molecule has 0 aliphatic rings. The predicted molar refractivity (Wildman–Crippen MR) is 105 cm³/mol. The lowest BCUT2D eigenvalue weighted by Crippen LogP contribution is -2.23.